The molecule has 0 spiro atoms. The molecule has 3 N–H and O–H groups in total. The lowest BCUT2D eigenvalue weighted by atomic mass is 9.80. The van der Waals surface area contributed by atoms with E-state index in [1.807, 2.05) is 12.1 Å². The zero-order chi connectivity index (χ0) is 18.1. The van der Waals surface area contributed by atoms with Gasteiger partial charge in [0, 0.05) is 36.9 Å². The van der Waals surface area contributed by atoms with Crippen LogP contribution in [0.3, 0.4) is 0 Å². The van der Waals surface area contributed by atoms with Gasteiger partial charge < -0.3 is 20.9 Å². The number of amides is 2. The number of nitrogens with zero attached hydrogens (tertiary/aromatic N) is 2. The molecule has 1 aromatic carbocycles. The molecule has 2 atom stereocenters. The van der Waals surface area contributed by atoms with Gasteiger partial charge in [0.25, 0.3) is 0 Å². The summed E-state index contributed by atoms with van der Waals surface area (Å²) in [6.45, 7) is 4.78. The summed E-state index contributed by atoms with van der Waals surface area (Å²) in [6.07, 6.45) is 4.72. The molecular formula is C20H28N4O2. The largest absolute Gasteiger partial charge is 0.371 e. The van der Waals surface area contributed by atoms with Crippen LogP contribution in [0.4, 0.5) is 11.4 Å². The molecule has 6 nitrogen and oxygen atoms in total. The molecule has 6 heteroatoms. The number of carbonyl (C=O) groups is 2. The number of benzene rings is 1. The summed E-state index contributed by atoms with van der Waals surface area (Å²) in [5.41, 5.74) is 7.21. The van der Waals surface area contributed by atoms with Crippen LogP contribution < -0.4 is 16.0 Å². The summed E-state index contributed by atoms with van der Waals surface area (Å²) in [5, 5.41) is 3.14. The highest BCUT2D eigenvalue weighted by atomic mass is 16.2. The first-order valence-corrected chi connectivity index (χ1v) is 9.74. The SMILES string of the molecule is NC(=O)C1CCN(c2ccc(NC(=O)C34CCCN(CC3)C4)cc2)CC1. The molecule has 3 fully saturated rings. The molecule has 0 aromatic heterocycles. The second kappa shape index (κ2) is 6.91. The third kappa shape index (κ3) is 3.30. The van der Waals surface area contributed by atoms with Gasteiger partial charge in [0.2, 0.25) is 11.8 Å². The van der Waals surface area contributed by atoms with Crippen LogP contribution in [-0.4, -0.2) is 49.4 Å². The number of fused-ring (bicyclic) bond motifs is 2. The maximum atomic E-state index is 12.8. The number of hydrogen-bond donors (Lipinski definition) is 2. The van der Waals surface area contributed by atoms with E-state index < -0.39 is 0 Å². The fraction of sp³-hybridized carbons (Fsp3) is 0.600. The van der Waals surface area contributed by atoms with Crippen LogP contribution in [0, 0.1) is 11.3 Å². The molecule has 3 saturated heterocycles. The van der Waals surface area contributed by atoms with Gasteiger partial charge in [-0.2, -0.15) is 0 Å². The zero-order valence-electron chi connectivity index (χ0n) is 15.2. The number of carbonyl (C=O) groups excluding carboxylic acids is 2. The van der Waals surface area contributed by atoms with Crippen LogP contribution in [0.2, 0.25) is 0 Å². The minimum absolute atomic E-state index is 0.00513. The summed E-state index contributed by atoms with van der Waals surface area (Å²) < 4.78 is 0. The molecule has 3 aliphatic rings. The van der Waals surface area contributed by atoms with Gasteiger partial charge in [0.15, 0.2) is 0 Å². The minimum atomic E-state index is -0.187. The monoisotopic (exact) mass is 356 g/mol. The Balaban J connectivity index is 1.36. The molecule has 2 amide bonds. The fourth-order valence-electron chi connectivity index (χ4n) is 4.73. The molecule has 0 saturated carbocycles. The molecule has 0 radical (unpaired) electrons. The van der Waals surface area contributed by atoms with E-state index in [0.29, 0.717) is 0 Å². The molecule has 1 aromatic rings. The van der Waals surface area contributed by atoms with Crippen molar-refractivity contribution in [1.82, 2.24) is 4.90 Å². The van der Waals surface area contributed by atoms with Crippen LogP contribution in [-0.2, 0) is 9.59 Å². The minimum Gasteiger partial charge on any atom is -0.371 e. The molecule has 4 rings (SSSR count). The van der Waals surface area contributed by atoms with Crippen molar-refractivity contribution < 1.29 is 9.59 Å². The van der Waals surface area contributed by atoms with Crippen molar-refractivity contribution in [3.8, 4) is 0 Å². The number of primary amides is 1. The van der Waals surface area contributed by atoms with Crippen LogP contribution in [0.1, 0.15) is 32.1 Å². The lowest BCUT2D eigenvalue weighted by Crippen LogP contribution is -2.42. The number of anilines is 2. The topological polar surface area (TPSA) is 78.7 Å². The Kier molecular flexibility index (Phi) is 4.61. The quantitative estimate of drug-likeness (QED) is 0.862. The Bertz CT molecular complexity index is 678. The maximum absolute atomic E-state index is 12.8. The fourth-order valence-corrected chi connectivity index (χ4v) is 4.73. The summed E-state index contributed by atoms with van der Waals surface area (Å²) >= 11 is 0. The first-order valence-electron chi connectivity index (χ1n) is 9.74. The molecule has 3 aliphatic heterocycles. The number of piperidine rings is 2. The highest BCUT2D eigenvalue weighted by Crippen LogP contribution is 2.40. The smallest absolute Gasteiger partial charge is 0.231 e. The summed E-state index contributed by atoms with van der Waals surface area (Å²) in [6, 6.07) is 8.08. The van der Waals surface area contributed by atoms with Crippen molar-refractivity contribution in [2.45, 2.75) is 32.1 Å². The second-order valence-corrected chi connectivity index (χ2v) is 8.07. The summed E-state index contributed by atoms with van der Waals surface area (Å²) in [7, 11) is 0. The Morgan fingerprint density at radius 2 is 1.77 bits per heavy atom. The summed E-state index contributed by atoms with van der Waals surface area (Å²) in [5.74, 6) is -0.00413. The third-order valence-corrected chi connectivity index (χ3v) is 6.43. The standard InChI is InChI=1S/C20H28N4O2/c21-18(25)15-6-11-24(12-7-15)17-4-2-16(3-5-17)22-19(26)20-8-1-10-23(14-20)13-9-20/h2-5,15H,1,6-14H2,(H2,21,25)(H,22,26). The molecule has 140 valence electrons. The van der Waals surface area contributed by atoms with E-state index in [2.05, 4.69) is 27.2 Å². The first-order chi connectivity index (χ1) is 12.6. The van der Waals surface area contributed by atoms with Crippen molar-refractivity contribution in [1.29, 1.82) is 0 Å². The van der Waals surface area contributed by atoms with E-state index in [-0.39, 0.29) is 23.1 Å². The molecular weight excluding hydrogens is 328 g/mol. The van der Waals surface area contributed by atoms with Crippen molar-refractivity contribution in [3.63, 3.8) is 0 Å². The van der Waals surface area contributed by atoms with Gasteiger partial charge >= 0.3 is 0 Å². The van der Waals surface area contributed by atoms with Gasteiger partial charge in [-0.05, 0) is 69.5 Å². The van der Waals surface area contributed by atoms with Crippen LogP contribution >= 0.6 is 0 Å². The van der Waals surface area contributed by atoms with Gasteiger partial charge in [-0.3, -0.25) is 9.59 Å². The van der Waals surface area contributed by atoms with Gasteiger partial charge in [0.05, 0.1) is 5.41 Å². The predicted octanol–water partition coefficient (Wildman–Crippen LogP) is 1.81. The van der Waals surface area contributed by atoms with Crippen molar-refractivity contribution >= 4 is 23.2 Å². The van der Waals surface area contributed by atoms with E-state index >= 15 is 0 Å². The third-order valence-electron chi connectivity index (χ3n) is 6.43. The van der Waals surface area contributed by atoms with Gasteiger partial charge in [-0.25, -0.2) is 0 Å². The maximum Gasteiger partial charge on any atom is 0.231 e. The van der Waals surface area contributed by atoms with E-state index in [9.17, 15) is 9.59 Å². The predicted molar refractivity (Wildman–Crippen MR) is 102 cm³/mol. The molecule has 3 heterocycles. The highest BCUT2D eigenvalue weighted by Gasteiger charge is 2.46. The number of hydrogen-bond acceptors (Lipinski definition) is 4. The van der Waals surface area contributed by atoms with Crippen LogP contribution in [0.25, 0.3) is 0 Å². The number of nitrogens with two attached hydrogens (primary N) is 1. The van der Waals surface area contributed by atoms with E-state index in [1.54, 1.807) is 0 Å². The Morgan fingerprint density at radius 1 is 1.04 bits per heavy atom. The van der Waals surface area contributed by atoms with E-state index in [1.165, 1.54) is 0 Å². The normalized spacial score (nSPS) is 28.8. The first kappa shape index (κ1) is 17.3. The molecule has 2 unspecified atom stereocenters. The highest BCUT2D eigenvalue weighted by molar-refractivity contribution is 5.96. The van der Waals surface area contributed by atoms with Gasteiger partial charge in [0.1, 0.15) is 0 Å². The number of rotatable bonds is 4. The second-order valence-electron chi connectivity index (χ2n) is 8.07. The lowest BCUT2D eigenvalue weighted by molar-refractivity contribution is -0.126. The Morgan fingerprint density at radius 3 is 2.46 bits per heavy atom. The summed E-state index contributed by atoms with van der Waals surface area (Å²) in [4.78, 5) is 28.8. The van der Waals surface area contributed by atoms with Gasteiger partial charge in [-0.1, -0.05) is 0 Å². The average Bonchev–Trinajstić information content (AvgIpc) is 2.97. The van der Waals surface area contributed by atoms with Crippen molar-refractivity contribution in [2.24, 2.45) is 17.1 Å². The van der Waals surface area contributed by atoms with E-state index in [4.69, 9.17) is 5.73 Å². The zero-order valence-corrected chi connectivity index (χ0v) is 15.2. The Labute approximate surface area is 154 Å². The number of nitrogens with one attached hydrogen (secondary N) is 1. The molecule has 2 bridgehead atoms. The van der Waals surface area contributed by atoms with Crippen molar-refractivity contribution in [3.05, 3.63) is 24.3 Å². The lowest BCUT2D eigenvalue weighted by Gasteiger charge is -2.33. The molecule has 0 aliphatic carbocycles. The average molecular weight is 356 g/mol. The van der Waals surface area contributed by atoms with Crippen LogP contribution in [0.5, 0.6) is 0 Å². The van der Waals surface area contributed by atoms with E-state index in [0.717, 1.165) is 76.2 Å². The van der Waals surface area contributed by atoms with Crippen LogP contribution in [0.15, 0.2) is 24.3 Å². The molecule has 26 heavy (non-hydrogen) atoms. The van der Waals surface area contributed by atoms with Gasteiger partial charge in [-0.15, -0.1) is 0 Å². The Hall–Kier alpha value is -2.08. The van der Waals surface area contributed by atoms with Crippen molar-refractivity contribution in [2.75, 3.05) is 42.9 Å².